The van der Waals surface area contributed by atoms with Crippen LogP contribution in [0.15, 0.2) is 52.7 Å². The lowest BCUT2D eigenvalue weighted by atomic mass is 10.2. The van der Waals surface area contributed by atoms with Crippen LogP contribution >= 0.6 is 34.5 Å². The number of benzene rings is 2. The first-order valence-electron chi connectivity index (χ1n) is 6.56. The number of rotatable bonds is 3. The molecule has 0 aliphatic heterocycles. The number of nitrogens with zero attached hydrogens (tertiary/aromatic N) is 1. The fourth-order valence-electron chi connectivity index (χ4n) is 2.04. The zero-order valence-electron chi connectivity index (χ0n) is 12.0. The summed E-state index contributed by atoms with van der Waals surface area (Å²) in [4.78, 5) is 4.87. The Bertz CT molecular complexity index is 964. The molecule has 0 amide bonds. The highest BCUT2D eigenvalue weighted by Gasteiger charge is 2.10. The Morgan fingerprint density at radius 2 is 1.61 bits per heavy atom. The van der Waals surface area contributed by atoms with Gasteiger partial charge in [0.25, 0.3) is 0 Å². The molecule has 0 radical (unpaired) electrons. The van der Waals surface area contributed by atoms with Gasteiger partial charge in [0, 0.05) is 22.8 Å². The van der Waals surface area contributed by atoms with Gasteiger partial charge in [0.2, 0.25) is 0 Å². The minimum Gasteiger partial charge on any atom is -0.236 e. The first-order chi connectivity index (χ1) is 10.8. The molecule has 0 aliphatic carbocycles. The van der Waals surface area contributed by atoms with Gasteiger partial charge in [-0.1, -0.05) is 41.4 Å². The lowest BCUT2D eigenvalue weighted by Gasteiger charge is -2.01. The average Bonchev–Trinajstić information content (AvgIpc) is 2.99. The summed E-state index contributed by atoms with van der Waals surface area (Å²) >= 11 is 13.4. The van der Waals surface area contributed by atoms with Gasteiger partial charge in [0.1, 0.15) is 5.01 Å². The Kier molecular flexibility index (Phi) is 4.47. The summed E-state index contributed by atoms with van der Waals surface area (Å²) in [5.74, 6) is 0. The van der Waals surface area contributed by atoms with Crippen molar-refractivity contribution in [1.29, 1.82) is 0 Å². The second-order valence-electron chi connectivity index (χ2n) is 4.96. The van der Waals surface area contributed by atoms with Crippen LogP contribution in [-0.2, 0) is 9.84 Å². The number of sulfone groups is 1. The number of hydrogen-bond acceptors (Lipinski definition) is 4. The molecule has 0 aliphatic rings. The minimum atomic E-state index is -3.19. The highest BCUT2D eigenvalue weighted by atomic mass is 35.5. The summed E-state index contributed by atoms with van der Waals surface area (Å²) in [5, 5.41) is 3.74. The molecule has 7 heteroatoms. The van der Waals surface area contributed by atoms with Crippen molar-refractivity contribution in [2.24, 2.45) is 0 Å². The van der Waals surface area contributed by atoms with Crippen molar-refractivity contribution in [3.8, 4) is 21.8 Å². The molecule has 0 fully saturated rings. The molecule has 1 heterocycles. The van der Waals surface area contributed by atoms with Crippen LogP contribution in [-0.4, -0.2) is 19.7 Å². The molecule has 2 aromatic carbocycles. The van der Waals surface area contributed by atoms with Crippen LogP contribution in [0.5, 0.6) is 0 Å². The largest absolute Gasteiger partial charge is 0.236 e. The predicted molar refractivity (Wildman–Crippen MR) is 96.1 cm³/mol. The molecule has 0 unspecified atom stereocenters. The van der Waals surface area contributed by atoms with E-state index in [0.29, 0.717) is 14.9 Å². The van der Waals surface area contributed by atoms with Crippen molar-refractivity contribution in [3.05, 3.63) is 57.9 Å². The molecule has 3 aromatic rings. The Morgan fingerprint density at radius 3 is 2.22 bits per heavy atom. The summed E-state index contributed by atoms with van der Waals surface area (Å²) < 4.78 is 23.0. The predicted octanol–water partition coefficient (Wildman–Crippen LogP) is 5.19. The van der Waals surface area contributed by atoms with Gasteiger partial charge in [0.05, 0.1) is 20.6 Å². The summed E-state index contributed by atoms with van der Waals surface area (Å²) in [6.45, 7) is 0. The van der Waals surface area contributed by atoms with Gasteiger partial charge in [-0.3, -0.25) is 0 Å². The number of halogens is 2. The zero-order valence-corrected chi connectivity index (χ0v) is 15.1. The molecular weight excluding hydrogens is 373 g/mol. The Hall–Kier alpha value is -1.40. The summed E-state index contributed by atoms with van der Waals surface area (Å²) in [7, 11) is -3.19. The smallest absolute Gasteiger partial charge is 0.175 e. The minimum absolute atomic E-state index is 0.293. The Labute approximate surface area is 148 Å². The quantitative estimate of drug-likeness (QED) is 0.625. The van der Waals surface area contributed by atoms with Crippen LogP contribution in [0.4, 0.5) is 0 Å². The second-order valence-corrected chi connectivity index (χ2v) is 8.65. The summed E-state index contributed by atoms with van der Waals surface area (Å²) in [5.41, 5.74) is 2.54. The Balaban J connectivity index is 1.94. The molecule has 0 saturated heterocycles. The molecule has 0 bridgehead atoms. The molecular formula is C16H11Cl2NO2S2. The molecule has 0 N–H and O–H groups in total. The van der Waals surface area contributed by atoms with Crippen LogP contribution in [0.2, 0.25) is 10.0 Å². The van der Waals surface area contributed by atoms with E-state index in [0.717, 1.165) is 21.8 Å². The lowest BCUT2D eigenvalue weighted by molar-refractivity contribution is 0.602. The van der Waals surface area contributed by atoms with E-state index in [4.69, 9.17) is 23.2 Å². The van der Waals surface area contributed by atoms with Crippen molar-refractivity contribution < 1.29 is 8.42 Å². The van der Waals surface area contributed by atoms with E-state index in [9.17, 15) is 8.42 Å². The molecule has 118 valence electrons. The van der Waals surface area contributed by atoms with Gasteiger partial charge in [0.15, 0.2) is 9.84 Å². The monoisotopic (exact) mass is 383 g/mol. The van der Waals surface area contributed by atoms with Gasteiger partial charge in [-0.15, -0.1) is 11.3 Å². The first kappa shape index (κ1) is 16.5. The molecule has 0 saturated carbocycles. The summed E-state index contributed by atoms with van der Waals surface area (Å²) in [6, 6.07) is 12.1. The summed E-state index contributed by atoms with van der Waals surface area (Å²) in [6.07, 6.45) is 1.19. The van der Waals surface area contributed by atoms with Crippen molar-refractivity contribution in [3.63, 3.8) is 0 Å². The van der Waals surface area contributed by atoms with E-state index in [1.807, 2.05) is 11.4 Å². The normalized spacial score (nSPS) is 11.6. The fraction of sp³-hybridized carbons (Fsp3) is 0.0625. The molecule has 23 heavy (non-hydrogen) atoms. The van der Waals surface area contributed by atoms with E-state index in [1.54, 1.807) is 36.4 Å². The fourth-order valence-corrected chi connectivity index (χ4v) is 3.80. The van der Waals surface area contributed by atoms with Crippen molar-refractivity contribution in [2.75, 3.05) is 6.26 Å². The highest BCUT2D eigenvalue weighted by molar-refractivity contribution is 7.90. The molecule has 1 aromatic heterocycles. The second kappa shape index (κ2) is 6.24. The maximum atomic E-state index is 11.5. The van der Waals surface area contributed by atoms with Crippen LogP contribution < -0.4 is 0 Å². The van der Waals surface area contributed by atoms with Crippen LogP contribution in [0.1, 0.15) is 0 Å². The van der Waals surface area contributed by atoms with Crippen molar-refractivity contribution in [2.45, 2.75) is 4.90 Å². The zero-order chi connectivity index (χ0) is 16.6. The molecule has 3 nitrogen and oxygen atoms in total. The lowest BCUT2D eigenvalue weighted by Crippen LogP contribution is -1.96. The number of aromatic nitrogens is 1. The van der Waals surface area contributed by atoms with Gasteiger partial charge in [-0.2, -0.15) is 0 Å². The van der Waals surface area contributed by atoms with E-state index in [2.05, 4.69) is 4.98 Å². The van der Waals surface area contributed by atoms with E-state index in [-0.39, 0.29) is 0 Å². The maximum absolute atomic E-state index is 11.5. The van der Waals surface area contributed by atoms with Crippen LogP contribution in [0.25, 0.3) is 21.8 Å². The third-order valence-electron chi connectivity index (χ3n) is 3.25. The third kappa shape index (κ3) is 3.58. The van der Waals surface area contributed by atoms with Crippen molar-refractivity contribution >= 4 is 44.4 Å². The third-order valence-corrected chi connectivity index (χ3v) is 6.01. The highest BCUT2D eigenvalue weighted by Crippen LogP contribution is 2.32. The van der Waals surface area contributed by atoms with Gasteiger partial charge in [-0.25, -0.2) is 13.4 Å². The average molecular weight is 384 g/mol. The van der Waals surface area contributed by atoms with E-state index < -0.39 is 9.84 Å². The van der Waals surface area contributed by atoms with Gasteiger partial charge in [-0.05, 0) is 24.3 Å². The molecule has 0 spiro atoms. The molecule has 3 rings (SSSR count). The van der Waals surface area contributed by atoms with E-state index >= 15 is 0 Å². The van der Waals surface area contributed by atoms with E-state index in [1.165, 1.54) is 17.6 Å². The number of thiazole rings is 1. The topological polar surface area (TPSA) is 47.0 Å². The SMILES string of the molecule is CS(=O)(=O)c1ccc(-c2csc(-c3ccc(Cl)c(Cl)c3)n2)cc1. The van der Waals surface area contributed by atoms with Gasteiger partial charge >= 0.3 is 0 Å². The van der Waals surface area contributed by atoms with Crippen LogP contribution in [0, 0.1) is 0 Å². The number of hydrogen-bond donors (Lipinski definition) is 0. The Morgan fingerprint density at radius 1 is 0.957 bits per heavy atom. The van der Waals surface area contributed by atoms with Crippen molar-refractivity contribution in [1.82, 2.24) is 4.98 Å². The molecule has 0 atom stereocenters. The first-order valence-corrected chi connectivity index (χ1v) is 10.1. The van der Waals surface area contributed by atoms with Gasteiger partial charge < -0.3 is 0 Å². The maximum Gasteiger partial charge on any atom is 0.175 e. The standard InChI is InChI=1S/C16H11Cl2NO2S2/c1-23(20,21)12-5-2-10(3-6-12)15-9-22-16(19-15)11-4-7-13(17)14(18)8-11/h2-9H,1H3. The van der Waals surface area contributed by atoms with Crippen LogP contribution in [0.3, 0.4) is 0 Å².